The van der Waals surface area contributed by atoms with Gasteiger partial charge in [0.05, 0.1) is 5.02 Å². The number of rotatable bonds is 5. The van der Waals surface area contributed by atoms with Crippen molar-refractivity contribution in [2.24, 2.45) is 17.8 Å². The first kappa shape index (κ1) is 10.4. The summed E-state index contributed by atoms with van der Waals surface area (Å²) in [5.74, 6) is 3.83. The molecule has 2 fully saturated rings. The van der Waals surface area contributed by atoms with Gasteiger partial charge in [-0.3, -0.25) is 0 Å². The Morgan fingerprint density at radius 1 is 1.25 bits per heavy atom. The SMILES string of the molecule is Clc1ccc(NCC(C2CC2)C2CC2)nc1. The van der Waals surface area contributed by atoms with Crippen LogP contribution < -0.4 is 5.32 Å². The van der Waals surface area contributed by atoms with Gasteiger partial charge in [0.1, 0.15) is 5.82 Å². The van der Waals surface area contributed by atoms with E-state index in [1.807, 2.05) is 12.1 Å². The molecule has 0 bridgehead atoms. The van der Waals surface area contributed by atoms with E-state index in [1.165, 1.54) is 25.7 Å². The number of anilines is 1. The molecule has 0 radical (unpaired) electrons. The van der Waals surface area contributed by atoms with Crippen molar-refractivity contribution in [2.45, 2.75) is 25.7 Å². The van der Waals surface area contributed by atoms with Gasteiger partial charge in [0.15, 0.2) is 0 Å². The van der Waals surface area contributed by atoms with E-state index >= 15 is 0 Å². The van der Waals surface area contributed by atoms with Crippen molar-refractivity contribution in [3.63, 3.8) is 0 Å². The molecule has 2 nitrogen and oxygen atoms in total. The third kappa shape index (κ3) is 2.49. The number of pyridine rings is 1. The van der Waals surface area contributed by atoms with Gasteiger partial charge in [-0.1, -0.05) is 11.6 Å². The molecule has 1 aromatic rings. The lowest BCUT2D eigenvalue weighted by molar-refractivity contribution is 0.427. The fraction of sp³-hybridized carbons (Fsp3) is 0.615. The van der Waals surface area contributed by atoms with Crippen LogP contribution in [0.2, 0.25) is 5.02 Å². The summed E-state index contributed by atoms with van der Waals surface area (Å²) >= 11 is 5.81. The second-order valence-corrected chi connectivity index (χ2v) is 5.52. The lowest BCUT2D eigenvalue weighted by atomic mass is 9.98. The molecule has 0 unspecified atom stereocenters. The van der Waals surface area contributed by atoms with E-state index in [1.54, 1.807) is 6.20 Å². The minimum absolute atomic E-state index is 0.700. The summed E-state index contributed by atoms with van der Waals surface area (Å²) in [5.41, 5.74) is 0. The van der Waals surface area contributed by atoms with Crippen molar-refractivity contribution in [2.75, 3.05) is 11.9 Å². The van der Waals surface area contributed by atoms with Gasteiger partial charge in [0, 0.05) is 12.7 Å². The van der Waals surface area contributed by atoms with E-state index in [0.29, 0.717) is 5.02 Å². The number of nitrogens with zero attached hydrogens (tertiary/aromatic N) is 1. The molecule has 0 saturated heterocycles. The average molecular weight is 237 g/mol. The predicted octanol–water partition coefficient (Wildman–Crippen LogP) is 3.58. The van der Waals surface area contributed by atoms with Crippen molar-refractivity contribution in [1.82, 2.24) is 4.98 Å². The minimum atomic E-state index is 0.700. The van der Waals surface area contributed by atoms with Gasteiger partial charge in [-0.2, -0.15) is 0 Å². The summed E-state index contributed by atoms with van der Waals surface area (Å²) in [6, 6.07) is 3.85. The summed E-state index contributed by atoms with van der Waals surface area (Å²) in [4.78, 5) is 4.27. The molecule has 3 heteroatoms. The van der Waals surface area contributed by atoms with Crippen LogP contribution in [0.3, 0.4) is 0 Å². The zero-order valence-electron chi connectivity index (χ0n) is 9.32. The quantitative estimate of drug-likeness (QED) is 0.845. The van der Waals surface area contributed by atoms with Crippen LogP contribution in [0, 0.1) is 17.8 Å². The molecule has 0 spiro atoms. The molecule has 2 saturated carbocycles. The standard InChI is InChI=1S/C13H17ClN2/c14-11-5-6-13(15-7-11)16-8-12(9-1-2-9)10-3-4-10/h5-7,9-10,12H,1-4,8H2,(H,15,16). The Morgan fingerprint density at radius 2 is 1.94 bits per heavy atom. The maximum atomic E-state index is 5.81. The lowest BCUT2D eigenvalue weighted by Crippen LogP contribution is -2.18. The fourth-order valence-corrected chi connectivity index (χ4v) is 2.58. The van der Waals surface area contributed by atoms with Gasteiger partial charge in [0.2, 0.25) is 0 Å². The van der Waals surface area contributed by atoms with E-state index in [0.717, 1.165) is 30.1 Å². The van der Waals surface area contributed by atoms with Crippen LogP contribution in [0.25, 0.3) is 0 Å². The highest BCUT2D eigenvalue weighted by Gasteiger charge is 2.40. The van der Waals surface area contributed by atoms with Crippen molar-refractivity contribution in [3.05, 3.63) is 23.4 Å². The summed E-state index contributed by atoms with van der Waals surface area (Å²) in [7, 11) is 0. The summed E-state index contributed by atoms with van der Waals surface area (Å²) in [6.07, 6.45) is 7.47. The number of nitrogens with one attached hydrogen (secondary N) is 1. The smallest absolute Gasteiger partial charge is 0.125 e. The third-order valence-corrected chi connectivity index (χ3v) is 3.92. The molecule has 0 aromatic carbocycles. The maximum absolute atomic E-state index is 5.81. The number of hydrogen-bond acceptors (Lipinski definition) is 2. The molecule has 16 heavy (non-hydrogen) atoms. The highest BCUT2D eigenvalue weighted by Crippen LogP contribution is 2.49. The Morgan fingerprint density at radius 3 is 2.44 bits per heavy atom. The van der Waals surface area contributed by atoms with Gasteiger partial charge in [-0.05, 0) is 55.6 Å². The molecule has 1 heterocycles. The molecule has 2 aliphatic carbocycles. The Bertz CT molecular complexity index is 343. The van der Waals surface area contributed by atoms with Crippen molar-refractivity contribution in [3.8, 4) is 0 Å². The van der Waals surface area contributed by atoms with Gasteiger partial charge in [-0.15, -0.1) is 0 Å². The first-order valence-corrected chi connectivity index (χ1v) is 6.56. The van der Waals surface area contributed by atoms with Gasteiger partial charge in [0.25, 0.3) is 0 Å². The molecule has 86 valence electrons. The summed E-state index contributed by atoms with van der Waals surface area (Å²) in [5, 5.41) is 4.15. The van der Waals surface area contributed by atoms with Crippen LogP contribution >= 0.6 is 11.6 Å². The lowest BCUT2D eigenvalue weighted by Gasteiger charge is -2.16. The molecule has 0 aliphatic heterocycles. The Labute approximate surface area is 101 Å². The Balaban J connectivity index is 1.56. The highest BCUT2D eigenvalue weighted by atomic mass is 35.5. The van der Waals surface area contributed by atoms with Crippen molar-refractivity contribution >= 4 is 17.4 Å². The zero-order valence-corrected chi connectivity index (χ0v) is 10.1. The van der Waals surface area contributed by atoms with Crippen LogP contribution in [0.15, 0.2) is 18.3 Å². The molecule has 3 rings (SSSR count). The van der Waals surface area contributed by atoms with Crippen LogP contribution in [0.5, 0.6) is 0 Å². The van der Waals surface area contributed by atoms with E-state index < -0.39 is 0 Å². The molecule has 0 atom stereocenters. The predicted molar refractivity (Wildman–Crippen MR) is 66.7 cm³/mol. The minimum Gasteiger partial charge on any atom is -0.370 e. The van der Waals surface area contributed by atoms with Gasteiger partial charge in [-0.25, -0.2) is 4.98 Å². The van der Waals surface area contributed by atoms with Crippen LogP contribution in [0.4, 0.5) is 5.82 Å². The molecule has 1 N–H and O–H groups in total. The maximum Gasteiger partial charge on any atom is 0.125 e. The molecule has 1 aromatic heterocycles. The number of hydrogen-bond donors (Lipinski definition) is 1. The second kappa shape index (κ2) is 4.25. The molecule has 2 aliphatic rings. The fourth-order valence-electron chi connectivity index (χ4n) is 2.47. The van der Waals surface area contributed by atoms with E-state index in [9.17, 15) is 0 Å². The van der Waals surface area contributed by atoms with E-state index in [2.05, 4.69) is 10.3 Å². The van der Waals surface area contributed by atoms with E-state index in [4.69, 9.17) is 11.6 Å². The second-order valence-electron chi connectivity index (χ2n) is 5.08. The highest BCUT2D eigenvalue weighted by molar-refractivity contribution is 6.30. The van der Waals surface area contributed by atoms with Crippen LogP contribution in [-0.2, 0) is 0 Å². The zero-order chi connectivity index (χ0) is 11.0. The average Bonchev–Trinajstić information content (AvgIpc) is 3.15. The van der Waals surface area contributed by atoms with Crippen molar-refractivity contribution in [1.29, 1.82) is 0 Å². The molecule has 0 amide bonds. The first-order chi connectivity index (χ1) is 7.83. The Hall–Kier alpha value is -0.760. The van der Waals surface area contributed by atoms with Crippen LogP contribution in [0.1, 0.15) is 25.7 Å². The monoisotopic (exact) mass is 236 g/mol. The van der Waals surface area contributed by atoms with E-state index in [-0.39, 0.29) is 0 Å². The normalized spacial score (nSPS) is 20.1. The van der Waals surface area contributed by atoms with Gasteiger partial charge >= 0.3 is 0 Å². The van der Waals surface area contributed by atoms with Gasteiger partial charge < -0.3 is 5.32 Å². The topological polar surface area (TPSA) is 24.9 Å². The van der Waals surface area contributed by atoms with Crippen LogP contribution in [-0.4, -0.2) is 11.5 Å². The summed E-state index contributed by atoms with van der Waals surface area (Å²) in [6.45, 7) is 1.09. The molecular formula is C13H17ClN2. The third-order valence-electron chi connectivity index (χ3n) is 3.70. The summed E-state index contributed by atoms with van der Waals surface area (Å²) < 4.78 is 0. The largest absolute Gasteiger partial charge is 0.370 e. The molecular weight excluding hydrogens is 220 g/mol. The Kier molecular flexibility index (Phi) is 2.76. The number of aromatic nitrogens is 1. The van der Waals surface area contributed by atoms with Crippen molar-refractivity contribution < 1.29 is 0 Å². The number of halogens is 1. The first-order valence-electron chi connectivity index (χ1n) is 6.18.